The summed E-state index contributed by atoms with van der Waals surface area (Å²) in [6, 6.07) is 8.52. The quantitative estimate of drug-likeness (QED) is 0.833. The van der Waals surface area contributed by atoms with Crippen LogP contribution in [0.15, 0.2) is 41.3 Å². The minimum atomic E-state index is -0.918. The third-order valence-electron chi connectivity index (χ3n) is 5.78. The smallest absolute Gasteiger partial charge is 0.407 e. The van der Waals surface area contributed by atoms with E-state index < -0.39 is 6.09 Å². The van der Waals surface area contributed by atoms with E-state index in [9.17, 15) is 19.5 Å². The van der Waals surface area contributed by atoms with Crippen molar-refractivity contribution in [1.29, 1.82) is 0 Å². The second-order valence-electron chi connectivity index (χ2n) is 7.34. The van der Waals surface area contributed by atoms with Gasteiger partial charge in [-0.15, -0.1) is 0 Å². The number of hydrogen-bond acceptors (Lipinski definition) is 4. The van der Waals surface area contributed by atoms with Crippen molar-refractivity contribution >= 4 is 12.0 Å². The van der Waals surface area contributed by atoms with Gasteiger partial charge in [0, 0.05) is 55.0 Å². The van der Waals surface area contributed by atoms with Gasteiger partial charge >= 0.3 is 6.09 Å². The molecular formula is C21H21N3O4. The van der Waals surface area contributed by atoms with Gasteiger partial charge in [0.2, 0.25) is 0 Å². The fourth-order valence-corrected chi connectivity index (χ4v) is 4.32. The maximum atomic E-state index is 12.9. The summed E-state index contributed by atoms with van der Waals surface area (Å²) < 4.78 is 0. The summed E-state index contributed by atoms with van der Waals surface area (Å²) in [6.45, 7) is 0.910. The lowest BCUT2D eigenvalue weighted by Crippen LogP contribution is -2.26. The number of hydrogen-bond donors (Lipinski definition) is 2. The Kier molecular flexibility index (Phi) is 4.58. The zero-order valence-corrected chi connectivity index (χ0v) is 15.5. The first-order chi connectivity index (χ1) is 13.5. The minimum absolute atomic E-state index is 0.0116. The van der Waals surface area contributed by atoms with Gasteiger partial charge in [-0.1, -0.05) is 12.1 Å². The maximum Gasteiger partial charge on any atom is 0.407 e. The van der Waals surface area contributed by atoms with Gasteiger partial charge in [-0.2, -0.15) is 0 Å². The van der Waals surface area contributed by atoms with Crippen LogP contribution in [-0.4, -0.2) is 47.1 Å². The number of carbonyl (C=O) groups is 2. The molecule has 7 nitrogen and oxygen atoms in total. The molecule has 2 aliphatic rings. The van der Waals surface area contributed by atoms with E-state index in [4.69, 9.17) is 0 Å². The minimum Gasteiger partial charge on any atom is -0.465 e. The molecule has 0 bridgehead atoms. The van der Waals surface area contributed by atoms with Crippen molar-refractivity contribution in [2.24, 2.45) is 5.92 Å². The Hall–Kier alpha value is -3.22. The number of aromatic nitrogens is 1. The Balaban J connectivity index is 1.76. The van der Waals surface area contributed by atoms with E-state index in [1.54, 1.807) is 31.4 Å². The van der Waals surface area contributed by atoms with Gasteiger partial charge in [-0.25, -0.2) is 4.79 Å². The number of nitrogens with one attached hydrogen (secondary N) is 1. The van der Waals surface area contributed by atoms with E-state index in [2.05, 4.69) is 10.3 Å². The van der Waals surface area contributed by atoms with E-state index in [0.29, 0.717) is 36.3 Å². The summed E-state index contributed by atoms with van der Waals surface area (Å²) in [4.78, 5) is 42.1. The van der Waals surface area contributed by atoms with Crippen LogP contribution in [-0.2, 0) is 6.42 Å². The number of nitrogens with zero attached hydrogens (tertiary/aromatic N) is 2. The number of rotatable bonds is 2. The van der Waals surface area contributed by atoms with Crippen LogP contribution in [0.4, 0.5) is 4.79 Å². The van der Waals surface area contributed by atoms with Crippen molar-refractivity contribution in [3.05, 3.63) is 63.4 Å². The highest BCUT2D eigenvalue weighted by Crippen LogP contribution is 2.40. The number of benzene rings is 1. The number of carbonyl (C=O) groups excluding carboxylic acids is 1. The van der Waals surface area contributed by atoms with Crippen molar-refractivity contribution in [2.45, 2.75) is 18.8 Å². The van der Waals surface area contributed by atoms with E-state index in [1.807, 2.05) is 6.07 Å². The lowest BCUT2D eigenvalue weighted by atomic mass is 9.78. The van der Waals surface area contributed by atoms with Crippen molar-refractivity contribution in [1.82, 2.24) is 15.2 Å². The van der Waals surface area contributed by atoms with Gasteiger partial charge in [-0.3, -0.25) is 14.6 Å². The number of amides is 2. The Morgan fingerprint density at radius 2 is 2.07 bits per heavy atom. The molecule has 1 saturated heterocycles. The number of likely N-dealkylation sites (tertiary alicyclic amines) is 1. The van der Waals surface area contributed by atoms with Gasteiger partial charge in [0.25, 0.3) is 5.91 Å². The molecule has 28 heavy (non-hydrogen) atoms. The van der Waals surface area contributed by atoms with E-state index in [0.717, 1.165) is 17.5 Å². The van der Waals surface area contributed by atoms with Crippen LogP contribution in [0.5, 0.6) is 0 Å². The van der Waals surface area contributed by atoms with Crippen molar-refractivity contribution in [2.75, 3.05) is 20.1 Å². The van der Waals surface area contributed by atoms with Crippen LogP contribution in [0.25, 0.3) is 11.3 Å². The Bertz CT molecular complexity index is 1020. The lowest BCUT2D eigenvalue weighted by molar-refractivity contribution is 0.0963. The lowest BCUT2D eigenvalue weighted by Gasteiger charge is -2.24. The van der Waals surface area contributed by atoms with Crippen LogP contribution in [0.2, 0.25) is 0 Å². The Morgan fingerprint density at radius 1 is 1.25 bits per heavy atom. The van der Waals surface area contributed by atoms with Crippen molar-refractivity contribution < 1.29 is 14.7 Å². The second kappa shape index (κ2) is 7.07. The van der Waals surface area contributed by atoms with Crippen LogP contribution in [0, 0.1) is 5.92 Å². The molecule has 1 aliphatic carbocycles. The molecule has 144 valence electrons. The molecule has 4 rings (SSSR count). The highest BCUT2D eigenvalue weighted by atomic mass is 16.4. The highest BCUT2D eigenvalue weighted by Gasteiger charge is 2.40. The predicted molar refractivity (Wildman–Crippen MR) is 103 cm³/mol. The first kappa shape index (κ1) is 18.2. The average molecular weight is 379 g/mol. The summed E-state index contributed by atoms with van der Waals surface area (Å²) in [5.74, 6) is 0.0380. The van der Waals surface area contributed by atoms with Gasteiger partial charge in [0.1, 0.15) is 0 Å². The van der Waals surface area contributed by atoms with Crippen LogP contribution >= 0.6 is 0 Å². The molecule has 0 spiro atoms. The summed E-state index contributed by atoms with van der Waals surface area (Å²) in [5.41, 5.74) is 3.21. The first-order valence-corrected chi connectivity index (χ1v) is 9.31. The van der Waals surface area contributed by atoms with Crippen LogP contribution < -0.4 is 10.7 Å². The molecule has 2 heterocycles. The highest BCUT2D eigenvalue weighted by molar-refractivity contribution is 5.95. The molecule has 2 atom stereocenters. The summed E-state index contributed by atoms with van der Waals surface area (Å²) in [5, 5.41) is 11.9. The van der Waals surface area contributed by atoms with Gasteiger partial charge in [-0.05, 0) is 36.5 Å². The Morgan fingerprint density at radius 3 is 2.82 bits per heavy atom. The predicted octanol–water partition coefficient (Wildman–Crippen LogP) is 2.11. The molecule has 1 aromatic carbocycles. The summed E-state index contributed by atoms with van der Waals surface area (Å²) in [6.07, 6.45) is 2.25. The fourth-order valence-electron chi connectivity index (χ4n) is 4.32. The molecule has 2 aromatic rings. The largest absolute Gasteiger partial charge is 0.465 e. The molecule has 1 aliphatic heterocycles. The molecule has 0 radical (unpaired) electrons. The van der Waals surface area contributed by atoms with E-state index >= 15 is 0 Å². The summed E-state index contributed by atoms with van der Waals surface area (Å²) in [7, 11) is 1.57. The van der Waals surface area contributed by atoms with Crippen molar-refractivity contribution in [3.8, 4) is 11.3 Å². The van der Waals surface area contributed by atoms with Crippen LogP contribution in [0.1, 0.15) is 33.8 Å². The Labute approximate surface area is 162 Å². The topological polar surface area (TPSA) is 99.6 Å². The number of carboxylic acid groups (broad SMARTS) is 1. The fraction of sp³-hybridized carbons (Fsp3) is 0.333. The second-order valence-corrected chi connectivity index (χ2v) is 7.34. The standard InChI is InChI=1S/C21H21N3O4/c1-22-20(26)13-4-2-3-12(7-13)18-8-19(25)15-6-5-14-10-24(21(27)28)11-17(14)16(15)9-23-18/h2-4,7-9,14,17H,5-6,10-11H2,1H3,(H,22,26)(H,27,28)/t14?,17-/m0/s1. The molecule has 2 N–H and O–H groups in total. The monoisotopic (exact) mass is 379 g/mol. The summed E-state index contributed by atoms with van der Waals surface area (Å²) >= 11 is 0. The zero-order valence-electron chi connectivity index (χ0n) is 15.5. The van der Waals surface area contributed by atoms with Gasteiger partial charge in [0.05, 0.1) is 5.69 Å². The van der Waals surface area contributed by atoms with E-state index in [-0.39, 0.29) is 23.2 Å². The third-order valence-corrected chi connectivity index (χ3v) is 5.78. The first-order valence-electron chi connectivity index (χ1n) is 9.31. The SMILES string of the molecule is CNC(=O)c1cccc(-c2cc(=O)c3c(cn2)[C@H]2CN(C(=O)O)CC2CC3)c1. The van der Waals surface area contributed by atoms with Crippen molar-refractivity contribution in [3.63, 3.8) is 0 Å². The normalized spacial score (nSPS) is 20.2. The van der Waals surface area contributed by atoms with Crippen LogP contribution in [0.3, 0.4) is 0 Å². The maximum absolute atomic E-state index is 12.9. The van der Waals surface area contributed by atoms with Gasteiger partial charge in [0.15, 0.2) is 5.43 Å². The number of fused-ring (bicyclic) bond motifs is 3. The molecule has 1 aromatic heterocycles. The molecule has 1 unspecified atom stereocenters. The molecule has 7 heteroatoms. The molecule has 0 saturated carbocycles. The third kappa shape index (κ3) is 3.13. The molecular weight excluding hydrogens is 358 g/mol. The van der Waals surface area contributed by atoms with E-state index in [1.165, 1.54) is 11.0 Å². The molecule has 1 fully saturated rings. The molecule has 2 amide bonds. The zero-order chi connectivity index (χ0) is 19.8. The average Bonchev–Trinajstić information content (AvgIpc) is 3.07. The van der Waals surface area contributed by atoms with Gasteiger partial charge < -0.3 is 15.3 Å².